The van der Waals surface area contributed by atoms with E-state index in [-0.39, 0.29) is 0 Å². The number of likely N-dealkylation sites (N-methyl/N-ethyl adjacent to an activating group) is 1. The number of pyridine rings is 1. The summed E-state index contributed by atoms with van der Waals surface area (Å²) in [4.78, 5) is 9.52. The fraction of sp³-hybridized carbons (Fsp3) is 0.455. The average Bonchev–Trinajstić information content (AvgIpc) is 3.37. The Morgan fingerprint density at radius 1 is 1.11 bits per heavy atom. The average molecular weight is 361 g/mol. The number of benzene rings is 1. The van der Waals surface area contributed by atoms with Gasteiger partial charge in [0.25, 0.3) is 0 Å². The van der Waals surface area contributed by atoms with Crippen LogP contribution in [0.4, 0.5) is 0 Å². The molecule has 0 aliphatic carbocycles. The first-order valence-corrected chi connectivity index (χ1v) is 9.94. The van der Waals surface area contributed by atoms with Gasteiger partial charge in [-0.1, -0.05) is 18.2 Å². The lowest BCUT2D eigenvalue weighted by Gasteiger charge is -2.24. The summed E-state index contributed by atoms with van der Waals surface area (Å²) in [5, 5.41) is 6.11. The molecule has 5 rings (SSSR count). The minimum Gasteiger partial charge on any atom is -0.308 e. The molecule has 0 saturated carbocycles. The van der Waals surface area contributed by atoms with Crippen LogP contribution in [-0.2, 0) is 12.0 Å². The van der Waals surface area contributed by atoms with Crippen molar-refractivity contribution in [3.05, 3.63) is 48.3 Å². The van der Waals surface area contributed by atoms with E-state index in [1.54, 1.807) is 0 Å². The number of nitrogens with zero attached hydrogens (tertiary/aromatic N) is 5. The predicted octanol–water partition coefficient (Wildman–Crippen LogP) is 3.01. The van der Waals surface area contributed by atoms with Gasteiger partial charge in [-0.15, -0.1) is 0 Å². The fourth-order valence-corrected chi connectivity index (χ4v) is 4.72. The molecule has 4 heterocycles. The minimum atomic E-state index is 0.293. The van der Waals surface area contributed by atoms with Crippen LogP contribution >= 0.6 is 0 Å². The number of fused-ring (bicyclic) bond motifs is 3. The zero-order valence-electron chi connectivity index (χ0n) is 16.2. The molecular formula is C22H27N5. The molecule has 140 valence electrons. The number of aromatic nitrogens is 3. The molecule has 5 heteroatoms. The van der Waals surface area contributed by atoms with Crippen LogP contribution in [0.25, 0.3) is 22.2 Å². The van der Waals surface area contributed by atoms with E-state index in [1.165, 1.54) is 37.0 Å². The third-order valence-corrected chi connectivity index (χ3v) is 6.31. The Labute approximate surface area is 160 Å². The van der Waals surface area contributed by atoms with Gasteiger partial charge in [0.2, 0.25) is 0 Å². The van der Waals surface area contributed by atoms with E-state index in [0.29, 0.717) is 5.41 Å². The molecule has 0 N–H and O–H groups in total. The van der Waals surface area contributed by atoms with Crippen LogP contribution < -0.4 is 0 Å². The Kier molecular flexibility index (Phi) is 4.02. The summed E-state index contributed by atoms with van der Waals surface area (Å²) in [6, 6.07) is 12.8. The number of rotatable bonds is 4. The highest BCUT2D eigenvalue weighted by Crippen LogP contribution is 2.43. The fourth-order valence-electron chi connectivity index (χ4n) is 4.72. The van der Waals surface area contributed by atoms with E-state index in [2.05, 4.69) is 63.9 Å². The number of hydrogen-bond acceptors (Lipinski definition) is 4. The Hall–Kier alpha value is -2.24. The van der Waals surface area contributed by atoms with E-state index >= 15 is 0 Å². The highest BCUT2D eigenvalue weighted by Gasteiger charge is 2.45. The monoisotopic (exact) mass is 361 g/mol. The highest BCUT2D eigenvalue weighted by atomic mass is 15.3. The lowest BCUT2D eigenvalue weighted by Crippen LogP contribution is -2.33. The first-order chi connectivity index (χ1) is 13.1. The van der Waals surface area contributed by atoms with E-state index in [0.717, 1.165) is 36.4 Å². The number of para-hydroxylation sites is 1. The molecule has 1 unspecified atom stereocenters. The number of hydrogen-bond donors (Lipinski definition) is 0. The standard InChI is InChI=1S/C22H27N5/c1-25(2)11-12-26-9-7-22(16-26)8-10-27-21(22)14-20(24-27)18-13-17-5-3-4-6-19(17)23-15-18/h3-6,13-15H,7-12,16H2,1-2H3. The summed E-state index contributed by atoms with van der Waals surface area (Å²) in [5.41, 5.74) is 4.94. The topological polar surface area (TPSA) is 37.2 Å². The van der Waals surface area contributed by atoms with Gasteiger partial charge in [0.1, 0.15) is 0 Å². The van der Waals surface area contributed by atoms with E-state index in [4.69, 9.17) is 5.10 Å². The second kappa shape index (κ2) is 6.43. The van der Waals surface area contributed by atoms with Crippen LogP contribution in [0.15, 0.2) is 42.6 Å². The molecule has 2 aliphatic heterocycles. The van der Waals surface area contributed by atoms with Crippen LogP contribution in [0, 0.1) is 0 Å². The lowest BCUT2D eigenvalue weighted by molar-refractivity contribution is 0.267. The largest absolute Gasteiger partial charge is 0.308 e. The van der Waals surface area contributed by atoms with E-state index < -0.39 is 0 Å². The van der Waals surface area contributed by atoms with Gasteiger partial charge < -0.3 is 9.80 Å². The molecule has 0 radical (unpaired) electrons. The molecule has 0 bridgehead atoms. The zero-order valence-corrected chi connectivity index (χ0v) is 16.2. The van der Waals surface area contributed by atoms with Crippen molar-refractivity contribution in [3.8, 4) is 11.3 Å². The maximum absolute atomic E-state index is 4.94. The first kappa shape index (κ1) is 16.9. The summed E-state index contributed by atoms with van der Waals surface area (Å²) >= 11 is 0. The Morgan fingerprint density at radius 3 is 2.85 bits per heavy atom. The van der Waals surface area contributed by atoms with Crippen molar-refractivity contribution >= 4 is 10.9 Å². The van der Waals surface area contributed by atoms with Crippen LogP contribution in [-0.4, -0.2) is 64.8 Å². The first-order valence-electron chi connectivity index (χ1n) is 9.94. The van der Waals surface area contributed by atoms with Crippen molar-refractivity contribution in [1.29, 1.82) is 0 Å². The molecular weight excluding hydrogens is 334 g/mol. The van der Waals surface area contributed by atoms with Crippen molar-refractivity contribution in [3.63, 3.8) is 0 Å². The van der Waals surface area contributed by atoms with Crippen molar-refractivity contribution < 1.29 is 0 Å². The predicted molar refractivity (Wildman–Crippen MR) is 109 cm³/mol. The van der Waals surface area contributed by atoms with Crippen LogP contribution in [0.3, 0.4) is 0 Å². The summed E-state index contributed by atoms with van der Waals surface area (Å²) in [5.74, 6) is 0. The SMILES string of the molecule is CN(C)CCN1CCC2(CCn3nc(-c4cnc5ccccc5c4)cc32)C1. The van der Waals surface area contributed by atoms with Crippen molar-refractivity contribution in [2.45, 2.75) is 24.8 Å². The number of likely N-dealkylation sites (tertiary alicyclic amines) is 1. The summed E-state index contributed by atoms with van der Waals surface area (Å²) in [6.45, 7) is 5.69. The van der Waals surface area contributed by atoms with Crippen LogP contribution in [0.2, 0.25) is 0 Å². The van der Waals surface area contributed by atoms with Crippen molar-refractivity contribution in [2.24, 2.45) is 0 Å². The third-order valence-electron chi connectivity index (χ3n) is 6.31. The van der Waals surface area contributed by atoms with Crippen LogP contribution in [0.1, 0.15) is 18.5 Å². The van der Waals surface area contributed by atoms with Gasteiger partial charge in [0.15, 0.2) is 0 Å². The third kappa shape index (κ3) is 2.95. The van der Waals surface area contributed by atoms with Crippen LogP contribution in [0.5, 0.6) is 0 Å². The molecule has 1 saturated heterocycles. The van der Waals surface area contributed by atoms with E-state index in [1.807, 2.05) is 12.3 Å². The Bertz CT molecular complexity index is 976. The lowest BCUT2D eigenvalue weighted by atomic mass is 9.82. The van der Waals surface area contributed by atoms with Gasteiger partial charge in [-0.2, -0.15) is 5.10 Å². The summed E-state index contributed by atoms with van der Waals surface area (Å²) < 4.78 is 2.25. The summed E-state index contributed by atoms with van der Waals surface area (Å²) in [6.07, 6.45) is 4.44. The Balaban J connectivity index is 1.42. The molecule has 1 aromatic carbocycles. The molecule has 1 spiro atoms. The maximum atomic E-state index is 4.94. The van der Waals surface area contributed by atoms with Crippen molar-refractivity contribution in [1.82, 2.24) is 24.6 Å². The van der Waals surface area contributed by atoms with Crippen molar-refractivity contribution in [2.75, 3.05) is 40.3 Å². The zero-order chi connectivity index (χ0) is 18.4. The van der Waals surface area contributed by atoms with E-state index in [9.17, 15) is 0 Å². The number of aryl methyl sites for hydroxylation is 1. The normalized spacial score (nSPS) is 22.3. The quantitative estimate of drug-likeness (QED) is 0.716. The van der Waals surface area contributed by atoms with Gasteiger partial charge in [-0.25, -0.2) is 0 Å². The maximum Gasteiger partial charge on any atom is 0.0941 e. The smallest absolute Gasteiger partial charge is 0.0941 e. The van der Waals surface area contributed by atoms with Gasteiger partial charge in [-0.05, 0) is 51.7 Å². The molecule has 27 heavy (non-hydrogen) atoms. The molecule has 2 aliphatic rings. The Morgan fingerprint density at radius 2 is 1.96 bits per heavy atom. The summed E-state index contributed by atoms with van der Waals surface area (Å²) in [7, 11) is 4.31. The second-order valence-electron chi connectivity index (χ2n) is 8.41. The molecule has 3 aromatic rings. The molecule has 5 nitrogen and oxygen atoms in total. The van der Waals surface area contributed by atoms with Gasteiger partial charge >= 0.3 is 0 Å². The van der Waals surface area contributed by atoms with Gasteiger partial charge in [0, 0.05) is 54.4 Å². The molecule has 1 fully saturated rings. The second-order valence-corrected chi connectivity index (χ2v) is 8.41. The minimum absolute atomic E-state index is 0.293. The molecule has 1 atom stereocenters. The molecule has 0 amide bonds. The molecule has 2 aromatic heterocycles. The van der Waals surface area contributed by atoms with Gasteiger partial charge in [0.05, 0.1) is 11.2 Å². The van der Waals surface area contributed by atoms with Gasteiger partial charge in [-0.3, -0.25) is 9.67 Å². The highest BCUT2D eigenvalue weighted by molar-refractivity contribution is 5.82.